The maximum atomic E-state index is 12.2. The minimum Gasteiger partial charge on any atom is -0.222 e. The molecule has 0 saturated heterocycles. The molecule has 0 atom stereocenters. The number of rotatable bonds is 16. The van der Waals surface area contributed by atoms with E-state index in [9.17, 15) is 4.57 Å². The average molecular weight is 430 g/mol. The third-order valence-corrected chi connectivity index (χ3v) is 6.06. The monoisotopic (exact) mass is 429 g/mol. The molecule has 164 valence electrons. The first kappa shape index (κ1) is 24.4. The third-order valence-electron chi connectivity index (χ3n) is 5.34. The first-order chi connectivity index (χ1) is 14.7. The van der Waals surface area contributed by atoms with Crippen molar-refractivity contribution >= 4 is 8.25 Å². The van der Waals surface area contributed by atoms with Crippen molar-refractivity contribution in [1.29, 1.82) is 0 Å². The Morgan fingerprint density at radius 2 is 0.933 bits per heavy atom. The van der Waals surface area contributed by atoms with E-state index in [4.69, 9.17) is 9.05 Å². The molecule has 0 aliphatic heterocycles. The van der Waals surface area contributed by atoms with Gasteiger partial charge in [0.15, 0.2) is 11.5 Å². The van der Waals surface area contributed by atoms with E-state index in [0.717, 1.165) is 12.8 Å². The first-order valence-corrected chi connectivity index (χ1v) is 12.8. The lowest BCUT2D eigenvalue weighted by atomic mass is 10.1. The largest absolute Gasteiger partial charge is 0.805 e. The predicted octanol–water partition coefficient (Wildman–Crippen LogP) is 8.83. The van der Waals surface area contributed by atoms with Gasteiger partial charge < -0.3 is 0 Å². The lowest BCUT2D eigenvalue weighted by molar-refractivity contribution is 0.415. The molecule has 0 amide bonds. The first-order valence-electron chi connectivity index (χ1n) is 11.7. The van der Waals surface area contributed by atoms with E-state index in [1.54, 1.807) is 0 Å². The van der Waals surface area contributed by atoms with Gasteiger partial charge in [-0.2, -0.15) is 0 Å². The maximum Gasteiger partial charge on any atom is 0.805 e. The second kappa shape index (κ2) is 15.0. The Bertz CT molecular complexity index is 649. The van der Waals surface area contributed by atoms with E-state index in [-0.39, 0.29) is 0 Å². The summed E-state index contributed by atoms with van der Waals surface area (Å²) in [7, 11) is -2.24. The van der Waals surface area contributed by atoms with Gasteiger partial charge >= 0.3 is 8.25 Å². The summed E-state index contributed by atoms with van der Waals surface area (Å²) in [6, 6.07) is 15.7. The van der Waals surface area contributed by atoms with Gasteiger partial charge in [0, 0.05) is 4.57 Å². The van der Waals surface area contributed by atoms with Crippen LogP contribution in [0.4, 0.5) is 0 Å². The van der Waals surface area contributed by atoms with Crippen LogP contribution in [-0.2, 0) is 17.4 Å². The summed E-state index contributed by atoms with van der Waals surface area (Å²) in [5.74, 6) is 1.16. The van der Waals surface area contributed by atoms with Crippen LogP contribution in [0.1, 0.15) is 89.2 Å². The van der Waals surface area contributed by atoms with Crippen molar-refractivity contribution in [2.75, 3.05) is 0 Å². The molecule has 0 radical (unpaired) electrons. The fraction of sp³-hybridized carbons (Fsp3) is 0.538. The standard InChI is InChI=1S/C26H38O3P/c1-3-5-7-9-11-13-23-15-19-25(20-16-23)28-30(27)29-26-21-17-24(18-22-26)14-12-10-8-6-4-2/h15-22H,3-14H2,1-2H3/q+1. The molecule has 3 nitrogen and oxygen atoms in total. The predicted molar refractivity (Wildman–Crippen MR) is 127 cm³/mol. The number of benzene rings is 2. The van der Waals surface area contributed by atoms with Gasteiger partial charge in [-0.3, -0.25) is 0 Å². The molecular formula is C26H38O3P+. The van der Waals surface area contributed by atoms with Gasteiger partial charge in [-0.15, -0.1) is 0 Å². The molecule has 0 N–H and O–H groups in total. The number of hydrogen-bond acceptors (Lipinski definition) is 3. The number of unbranched alkanes of at least 4 members (excludes halogenated alkanes) is 8. The van der Waals surface area contributed by atoms with Crippen molar-refractivity contribution in [3.8, 4) is 11.5 Å². The SMILES string of the molecule is CCCCCCCc1ccc(O[P+](=O)Oc2ccc(CCCCCCC)cc2)cc1. The smallest absolute Gasteiger partial charge is 0.222 e. The molecule has 0 saturated carbocycles. The lowest BCUT2D eigenvalue weighted by Crippen LogP contribution is -1.91. The zero-order valence-corrected chi connectivity index (χ0v) is 19.7. The highest BCUT2D eigenvalue weighted by molar-refractivity contribution is 7.34. The van der Waals surface area contributed by atoms with Crippen LogP contribution in [0.15, 0.2) is 48.5 Å². The molecule has 0 heterocycles. The van der Waals surface area contributed by atoms with E-state index < -0.39 is 8.25 Å². The summed E-state index contributed by atoms with van der Waals surface area (Å²) in [5.41, 5.74) is 2.58. The molecule has 30 heavy (non-hydrogen) atoms. The Labute approximate surface area is 184 Å². The van der Waals surface area contributed by atoms with Crippen LogP contribution in [0.5, 0.6) is 11.5 Å². The van der Waals surface area contributed by atoms with E-state index >= 15 is 0 Å². The van der Waals surface area contributed by atoms with E-state index in [0.29, 0.717) is 11.5 Å². The van der Waals surface area contributed by atoms with Gasteiger partial charge in [0.2, 0.25) is 0 Å². The number of aryl methyl sites for hydroxylation is 2. The van der Waals surface area contributed by atoms with Crippen LogP contribution >= 0.6 is 8.25 Å². The Morgan fingerprint density at radius 3 is 1.30 bits per heavy atom. The zero-order valence-electron chi connectivity index (χ0n) is 18.8. The molecule has 2 aromatic rings. The highest BCUT2D eigenvalue weighted by atomic mass is 31.1. The fourth-order valence-corrected chi connectivity index (χ4v) is 4.12. The van der Waals surface area contributed by atoms with Crippen molar-refractivity contribution in [3.63, 3.8) is 0 Å². The summed E-state index contributed by atoms with van der Waals surface area (Å²) < 4.78 is 23.1. The zero-order chi connectivity index (χ0) is 21.4. The van der Waals surface area contributed by atoms with Gasteiger partial charge in [-0.1, -0.05) is 89.5 Å². The van der Waals surface area contributed by atoms with Gasteiger partial charge in [-0.05, 0) is 61.1 Å². The Morgan fingerprint density at radius 1 is 0.567 bits per heavy atom. The molecule has 0 unspecified atom stereocenters. The molecule has 0 aromatic heterocycles. The second-order valence-corrected chi connectivity index (χ2v) is 8.83. The molecule has 0 fully saturated rings. The van der Waals surface area contributed by atoms with Crippen molar-refractivity contribution in [3.05, 3.63) is 59.7 Å². The second-order valence-electron chi connectivity index (χ2n) is 8.02. The molecule has 0 spiro atoms. The van der Waals surface area contributed by atoms with Crippen molar-refractivity contribution in [2.24, 2.45) is 0 Å². The van der Waals surface area contributed by atoms with Crippen molar-refractivity contribution < 1.29 is 13.6 Å². The van der Waals surface area contributed by atoms with E-state index in [1.807, 2.05) is 48.5 Å². The summed E-state index contributed by atoms with van der Waals surface area (Å²) in [6.07, 6.45) is 15.0. The topological polar surface area (TPSA) is 35.5 Å². The Kier molecular flexibility index (Phi) is 12.2. The van der Waals surface area contributed by atoms with Crippen LogP contribution in [0.2, 0.25) is 0 Å². The quantitative estimate of drug-likeness (QED) is 0.197. The highest BCUT2D eigenvalue weighted by Gasteiger charge is 2.24. The normalized spacial score (nSPS) is 10.7. The third kappa shape index (κ3) is 10.3. The van der Waals surface area contributed by atoms with E-state index in [2.05, 4.69) is 13.8 Å². The van der Waals surface area contributed by atoms with Crippen LogP contribution in [0.25, 0.3) is 0 Å². The Balaban J connectivity index is 1.69. The van der Waals surface area contributed by atoms with Crippen LogP contribution in [0.3, 0.4) is 0 Å². The van der Waals surface area contributed by atoms with E-state index in [1.165, 1.54) is 75.3 Å². The molecule has 2 aromatic carbocycles. The molecule has 0 aliphatic rings. The average Bonchev–Trinajstić information content (AvgIpc) is 2.76. The minimum atomic E-state index is -2.24. The summed E-state index contributed by atoms with van der Waals surface area (Å²) in [6.45, 7) is 4.47. The summed E-state index contributed by atoms with van der Waals surface area (Å²) in [5, 5.41) is 0. The van der Waals surface area contributed by atoms with Crippen molar-refractivity contribution in [2.45, 2.75) is 90.9 Å². The molecule has 0 aliphatic carbocycles. The molecule has 4 heteroatoms. The summed E-state index contributed by atoms with van der Waals surface area (Å²) in [4.78, 5) is 0. The van der Waals surface area contributed by atoms with Crippen LogP contribution < -0.4 is 9.05 Å². The highest BCUT2D eigenvalue weighted by Crippen LogP contribution is 2.31. The van der Waals surface area contributed by atoms with Gasteiger partial charge in [0.25, 0.3) is 0 Å². The van der Waals surface area contributed by atoms with Crippen molar-refractivity contribution in [1.82, 2.24) is 0 Å². The van der Waals surface area contributed by atoms with Crippen LogP contribution in [-0.4, -0.2) is 0 Å². The van der Waals surface area contributed by atoms with Crippen LogP contribution in [0, 0.1) is 0 Å². The summed E-state index contributed by atoms with van der Waals surface area (Å²) >= 11 is 0. The van der Waals surface area contributed by atoms with Gasteiger partial charge in [-0.25, -0.2) is 9.05 Å². The van der Waals surface area contributed by atoms with Gasteiger partial charge in [0.1, 0.15) is 0 Å². The molecular weight excluding hydrogens is 391 g/mol. The Hall–Kier alpha value is -1.86. The fourth-order valence-electron chi connectivity index (χ4n) is 3.49. The lowest BCUT2D eigenvalue weighted by Gasteiger charge is -2.02. The maximum absolute atomic E-state index is 12.2. The number of hydrogen-bond donors (Lipinski definition) is 0. The minimum absolute atomic E-state index is 0.578. The molecule has 0 bridgehead atoms. The molecule has 2 rings (SSSR count). The van der Waals surface area contributed by atoms with Gasteiger partial charge in [0.05, 0.1) is 0 Å².